The van der Waals surface area contributed by atoms with Crippen LogP contribution in [0, 0.1) is 6.92 Å². The molecule has 0 spiro atoms. The summed E-state index contributed by atoms with van der Waals surface area (Å²) in [6.07, 6.45) is 2.11. The normalized spacial score (nSPS) is 10.0. The van der Waals surface area contributed by atoms with Gasteiger partial charge in [0.05, 0.1) is 0 Å². The van der Waals surface area contributed by atoms with Crippen molar-refractivity contribution in [1.82, 2.24) is 0 Å². The molecule has 0 amide bonds. The van der Waals surface area contributed by atoms with Gasteiger partial charge in [0.2, 0.25) is 0 Å². The highest BCUT2D eigenvalue weighted by atomic mass is 32.2. The Labute approximate surface area is 83.9 Å². The molecule has 0 bridgehead atoms. The summed E-state index contributed by atoms with van der Waals surface area (Å²) in [5.41, 5.74) is 8.92. The third-order valence-electron chi connectivity index (χ3n) is 2.00. The highest BCUT2D eigenvalue weighted by Crippen LogP contribution is 2.20. The van der Waals surface area contributed by atoms with Crippen LogP contribution in [0.3, 0.4) is 0 Å². The number of hydrogen-bond acceptors (Lipinski definition) is 3. The monoisotopic (exact) mass is 196 g/mol. The Morgan fingerprint density at radius 1 is 1.46 bits per heavy atom. The van der Waals surface area contributed by atoms with Gasteiger partial charge in [-0.25, -0.2) is 0 Å². The summed E-state index contributed by atoms with van der Waals surface area (Å²) in [6, 6.07) is 5.96. The molecule has 0 aliphatic carbocycles. The van der Waals surface area contributed by atoms with Crippen molar-refractivity contribution in [3.8, 4) is 0 Å². The molecule has 3 heteroatoms. The number of rotatable bonds is 4. The molecule has 72 valence electrons. The number of nitrogens with two attached hydrogens (primary N) is 1. The van der Waals surface area contributed by atoms with E-state index in [0.717, 1.165) is 29.2 Å². The first-order chi connectivity index (χ1) is 6.25. The van der Waals surface area contributed by atoms with Gasteiger partial charge in [-0.3, -0.25) is 0 Å². The molecule has 0 radical (unpaired) electrons. The molecule has 0 unspecified atom stereocenters. The van der Waals surface area contributed by atoms with E-state index in [9.17, 15) is 0 Å². The number of nitrogen functional groups attached to an aromatic ring is 1. The molecule has 0 heterocycles. The average Bonchev–Trinajstić information content (AvgIpc) is 2.13. The zero-order valence-electron chi connectivity index (χ0n) is 8.13. The Morgan fingerprint density at radius 2 is 2.23 bits per heavy atom. The minimum absolute atomic E-state index is 0.856. The van der Waals surface area contributed by atoms with Crippen molar-refractivity contribution in [2.24, 2.45) is 0 Å². The van der Waals surface area contributed by atoms with Gasteiger partial charge in [-0.05, 0) is 30.9 Å². The Hall–Kier alpha value is -0.830. The van der Waals surface area contributed by atoms with Crippen LogP contribution in [0.1, 0.15) is 5.56 Å². The highest BCUT2D eigenvalue weighted by molar-refractivity contribution is 7.98. The average molecular weight is 196 g/mol. The van der Waals surface area contributed by atoms with Crippen LogP contribution >= 0.6 is 11.8 Å². The summed E-state index contributed by atoms with van der Waals surface area (Å²) in [5, 5.41) is 3.35. The summed E-state index contributed by atoms with van der Waals surface area (Å²) < 4.78 is 0. The quantitative estimate of drug-likeness (QED) is 0.573. The summed E-state index contributed by atoms with van der Waals surface area (Å²) in [6.45, 7) is 3.03. The van der Waals surface area contributed by atoms with Crippen LogP contribution < -0.4 is 11.1 Å². The minimum Gasteiger partial charge on any atom is -0.398 e. The van der Waals surface area contributed by atoms with Crippen molar-refractivity contribution >= 4 is 23.1 Å². The van der Waals surface area contributed by atoms with Crippen molar-refractivity contribution in [2.75, 3.05) is 29.6 Å². The second-order valence-corrected chi connectivity index (χ2v) is 3.92. The van der Waals surface area contributed by atoms with Crippen molar-refractivity contribution in [3.63, 3.8) is 0 Å². The van der Waals surface area contributed by atoms with Crippen LogP contribution in [-0.4, -0.2) is 18.6 Å². The maximum absolute atomic E-state index is 5.78. The first kappa shape index (κ1) is 10.3. The van der Waals surface area contributed by atoms with E-state index < -0.39 is 0 Å². The standard InChI is InChI=1S/C10H16N2S/c1-8-9(11)4-3-5-10(8)12-6-7-13-2/h3-5,12H,6-7,11H2,1-2H3. The Morgan fingerprint density at radius 3 is 2.92 bits per heavy atom. The lowest BCUT2D eigenvalue weighted by atomic mass is 10.1. The van der Waals surface area contributed by atoms with E-state index in [1.165, 1.54) is 0 Å². The fourth-order valence-corrected chi connectivity index (χ4v) is 1.44. The van der Waals surface area contributed by atoms with Gasteiger partial charge < -0.3 is 11.1 Å². The summed E-state index contributed by atoms with van der Waals surface area (Å²) in [5.74, 6) is 1.12. The van der Waals surface area contributed by atoms with E-state index in [4.69, 9.17) is 5.73 Å². The van der Waals surface area contributed by atoms with Crippen LogP contribution in [-0.2, 0) is 0 Å². The van der Waals surface area contributed by atoms with Crippen molar-refractivity contribution in [3.05, 3.63) is 23.8 Å². The predicted octanol–water partition coefficient (Wildman–Crippen LogP) is 2.35. The lowest BCUT2D eigenvalue weighted by Crippen LogP contribution is -2.05. The van der Waals surface area contributed by atoms with Crippen LogP contribution in [0.5, 0.6) is 0 Å². The molecule has 1 rings (SSSR count). The Balaban J connectivity index is 2.61. The van der Waals surface area contributed by atoms with Gasteiger partial charge in [0.1, 0.15) is 0 Å². The van der Waals surface area contributed by atoms with E-state index in [2.05, 4.69) is 17.6 Å². The summed E-state index contributed by atoms with van der Waals surface area (Å²) in [4.78, 5) is 0. The van der Waals surface area contributed by atoms with Crippen molar-refractivity contribution < 1.29 is 0 Å². The molecular weight excluding hydrogens is 180 g/mol. The number of anilines is 2. The molecule has 3 N–H and O–H groups in total. The van der Waals surface area contributed by atoms with E-state index >= 15 is 0 Å². The topological polar surface area (TPSA) is 38.0 Å². The minimum atomic E-state index is 0.856. The second-order valence-electron chi connectivity index (χ2n) is 2.94. The van der Waals surface area contributed by atoms with Crippen LogP contribution in [0.2, 0.25) is 0 Å². The van der Waals surface area contributed by atoms with Gasteiger partial charge in [0.15, 0.2) is 0 Å². The highest BCUT2D eigenvalue weighted by Gasteiger charge is 1.98. The fourth-order valence-electron chi connectivity index (χ4n) is 1.13. The fraction of sp³-hybridized carbons (Fsp3) is 0.400. The molecule has 0 atom stereocenters. The molecule has 2 nitrogen and oxygen atoms in total. The van der Waals surface area contributed by atoms with Crippen molar-refractivity contribution in [2.45, 2.75) is 6.92 Å². The molecule has 0 aromatic heterocycles. The van der Waals surface area contributed by atoms with Gasteiger partial charge in [-0.2, -0.15) is 11.8 Å². The lowest BCUT2D eigenvalue weighted by Gasteiger charge is -2.10. The number of benzene rings is 1. The maximum Gasteiger partial charge on any atom is 0.0390 e. The van der Waals surface area contributed by atoms with E-state index in [1.807, 2.05) is 30.8 Å². The van der Waals surface area contributed by atoms with Crippen LogP contribution in [0.15, 0.2) is 18.2 Å². The number of hydrogen-bond donors (Lipinski definition) is 2. The first-order valence-corrected chi connectivity index (χ1v) is 5.73. The SMILES string of the molecule is CSCCNc1cccc(N)c1C. The molecular formula is C10H16N2S. The summed E-state index contributed by atoms with van der Waals surface area (Å²) >= 11 is 1.84. The lowest BCUT2D eigenvalue weighted by molar-refractivity contribution is 1.22. The maximum atomic E-state index is 5.78. The number of thioether (sulfide) groups is 1. The molecule has 0 saturated heterocycles. The third kappa shape index (κ3) is 2.84. The smallest absolute Gasteiger partial charge is 0.0390 e. The van der Waals surface area contributed by atoms with Gasteiger partial charge in [0, 0.05) is 23.7 Å². The molecule has 13 heavy (non-hydrogen) atoms. The molecule has 0 aliphatic rings. The van der Waals surface area contributed by atoms with Crippen molar-refractivity contribution in [1.29, 1.82) is 0 Å². The Bertz CT molecular complexity index is 274. The molecule has 0 aliphatic heterocycles. The third-order valence-corrected chi connectivity index (χ3v) is 2.61. The molecule has 1 aromatic carbocycles. The van der Waals surface area contributed by atoms with Gasteiger partial charge >= 0.3 is 0 Å². The second kappa shape index (κ2) is 5.02. The number of nitrogens with one attached hydrogen (secondary N) is 1. The molecule has 1 aromatic rings. The van der Waals surface area contributed by atoms with Gasteiger partial charge in [-0.15, -0.1) is 0 Å². The zero-order valence-corrected chi connectivity index (χ0v) is 8.95. The Kier molecular flexibility index (Phi) is 3.96. The first-order valence-electron chi connectivity index (χ1n) is 4.33. The van der Waals surface area contributed by atoms with Crippen LogP contribution in [0.4, 0.5) is 11.4 Å². The molecule has 0 saturated carbocycles. The largest absolute Gasteiger partial charge is 0.398 e. The predicted molar refractivity (Wildman–Crippen MR) is 62.5 cm³/mol. The molecule has 0 fully saturated rings. The van der Waals surface area contributed by atoms with Crippen LogP contribution in [0.25, 0.3) is 0 Å². The van der Waals surface area contributed by atoms with Gasteiger partial charge in [0.25, 0.3) is 0 Å². The van der Waals surface area contributed by atoms with E-state index in [1.54, 1.807) is 0 Å². The summed E-state index contributed by atoms with van der Waals surface area (Å²) in [7, 11) is 0. The van der Waals surface area contributed by atoms with E-state index in [0.29, 0.717) is 0 Å². The van der Waals surface area contributed by atoms with Gasteiger partial charge in [-0.1, -0.05) is 6.07 Å². The zero-order chi connectivity index (χ0) is 9.68. The van der Waals surface area contributed by atoms with E-state index in [-0.39, 0.29) is 0 Å².